The number of aliphatic hydroxyl groups excluding tert-OH is 1. The summed E-state index contributed by atoms with van der Waals surface area (Å²) in [6.07, 6.45) is 0. The number of hydrogen-bond acceptors (Lipinski definition) is 4. The van der Waals surface area contributed by atoms with Gasteiger partial charge >= 0.3 is 0 Å². The molecule has 0 heterocycles. The number of benzene rings is 1. The molecule has 0 aliphatic heterocycles. The molecule has 0 unspecified atom stereocenters. The van der Waals surface area contributed by atoms with Crippen LogP contribution in [0.15, 0.2) is 18.2 Å². The molecular weight excluding hydrogens is 289 g/mol. The Morgan fingerprint density at radius 3 is 2.68 bits per heavy atom. The maximum Gasteiger partial charge on any atom is 0.139 e. The molecule has 1 aromatic carbocycles. The van der Waals surface area contributed by atoms with Crippen LogP contribution < -0.4 is 4.74 Å². The third-order valence-corrected chi connectivity index (χ3v) is 3.02. The first-order chi connectivity index (χ1) is 9.13. The zero-order valence-corrected chi connectivity index (χ0v) is 12.5. The molecule has 1 rings (SSSR count). The third-order valence-electron chi connectivity index (χ3n) is 2.48. The van der Waals surface area contributed by atoms with Crippen LogP contribution in [0, 0.1) is 0 Å². The first-order valence-electron chi connectivity index (χ1n) is 6.08. The van der Waals surface area contributed by atoms with E-state index in [-0.39, 0.29) is 6.61 Å². The Labute approximate surface area is 123 Å². The minimum Gasteiger partial charge on any atom is -0.490 e. The predicted octanol–water partition coefficient (Wildman–Crippen LogP) is 2.31. The fraction of sp³-hybridized carbons (Fsp3) is 0.538. The first kappa shape index (κ1) is 16.5. The summed E-state index contributed by atoms with van der Waals surface area (Å²) in [7, 11) is 1.93. The minimum atomic E-state index is 0.160. The van der Waals surface area contributed by atoms with Crippen molar-refractivity contribution < 1.29 is 14.6 Å². The van der Waals surface area contributed by atoms with Gasteiger partial charge in [-0.3, -0.25) is 0 Å². The maximum atomic E-state index is 8.73. The third kappa shape index (κ3) is 6.99. The van der Waals surface area contributed by atoms with Gasteiger partial charge in [0.25, 0.3) is 0 Å². The molecule has 1 N–H and O–H groups in total. The number of ether oxygens (including phenoxy) is 2. The van der Waals surface area contributed by atoms with Gasteiger partial charge in [0, 0.05) is 24.2 Å². The van der Waals surface area contributed by atoms with Crippen molar-refractivity contribution in [1.82, 2.24) is 4.90 Å². The molecule has 0 aliphatic rings. The summed E-state index contributed by atoms with van der Waals surface area (Å²) in [6, 6.07) is 5.09. The van der Waals surface area contributed by atoms with Crippen molar-refractivity contribution in [3.8, 4) is 5.75 Å². The van der Waals surface area contributed by atoms with Crippen LogP contribution >= 0.6 is 23.2 Å². The van der Waals surface area contributed by atoms with Crippen molar-refractivity contribution in [2.24, 2.45) is 0 Å². The van der Waals surface area contributed by atoms with Gasteiger partial charge in [0.1, 0.15) is 12.4 Å². The number of aliphatic hydroxyl groups is 1. The number of halogens is 2. The maximum absolute atomic E-state index is 8.73. The van der Waals surface area contributed by atoms with Crippen LogP contribution in [0.1, 0.15) is 0 Å². The zero-order chi connectivity index (χ0) is 14.1. The van der Waals surface area contributed by atoms with E-state index in [1.807, 2.05) is 11.9 Å². The molecule has 0 spiro atoms. The van der Waals surface area contributed by atoms with E-state index >= 15 is 0 Å². The topological polar surface area (TPSA) is 41.9 Å². The smallest absolute Gasteiger partial charge is 0.139 e. The summed E-state index contributed by atoms with van der Waals surface area (Å²) in [5.74, 6) is 0.565. The molecule has 0 bridgehead atoms. The van der Waals surface area contributed by atoms with Gasteiger partial charge in [-0.15, -0.1) is 0 Å². The highest BCUT2D eigenvalue weighted by atomic mass is 35.5. The van der Waals surface area contributed by atoms with Crippen LogP contribution in [0.25, 0.3) is 0 Å². The van der Waals surface area contributed by atoms with E-state index in [9.17, 15) is 0 Å². The van der Waals surface area contributed by atoms with Crippen LogP contribution in [-0.2, 0) is 4.74 Å². The molecule has 0 fully saturated rings. The summed E-state index contributed by atoms with van der Waals surface area (Å²) in [4.78, 5) is 1.99. The lowest BCUT2D eigenvalue weighted by molar-refractivity contribution is 0.0813. The molecule has 0 radical (unpaired) electrons. The van der Waals surface area contributed by atoms with Crippen LogP contribution in [0.5, 0.6) is 5.75 Å². The standard InChI is InChI=1S/C13H19Cl2NO3/c1-16(4-6-17)5-7-18-8-9-19-13-10-11(14)2-3-12(13)15/h2-3,10,17H,4-9H2,1H3. The molecule has 4 nitrogen and oxygen atoms in total. The summed E-state index contributed by atoms with van der Waals surface area (Å²) in [5, 5.41) is 9.85. The molecule has 19 heavy (non-hydrogen) atoms. The normalized spacial score (nSPS) is 11.0. The van der Waals surface area contributed by atoms with Crippen LogP contribution in [-0.4, -0.2) is 56.6 Å². The molecule has 0 atom stereocenters. The van der Waals surface area contributed by atoms with Crippen molar-refractivity contribution >= 4 is 23.2 Å². The van der Waals surface area contributed by atoms with Gasteiger partial charge in [-0.1, -0.05) is 23.2 Å². The summed E-state index contributed by atoms with van der Waals surface area (Å²) in [5.41, 5.74) is 0. The molecule has 0 saturated heterocycles. The lowest BCUT2D eigenvalue weighted by Gasteiger charge is -2.15. The predicted molar refractivity (Wildman–Crippen MR) is 77.4 cm³/mol. The molecule has 1 aromatic rings. The second-order valence-corrected chi connectivity index (χ2v) is 4.91. The molecule has 0 amide bonds. The molecular formula is C13H19Cl2NO3. The van der Waals surface area contributed by atoms with E-state index < -0.39 is 0 Å². The average Bonchev–Trinajstić information content (AvgIpc) is 2.38. The first-order valence-corrected chi connectivity index (χ1v) is 6.84. The Bertz CT molecular complexity index is 377. The molecule has 0 saturated carbocycles. The number of rotatable bonds is 9. The SMILES string of the molecule is CN(CCO)CCOCCOc1cc(Cl)ccc1Cl. The van der Waals surface area contributed by atoms with Crippen molar-refractivity contribution in [2.75, 3.05) is 46.6 Å². The largest absolute Gasteiger partial charge is 0.490 e. The fourth-order valence-corrected chi connectivity index (χ4v) is 1.74. The second kappa shape index (κ2) is 9.39. The molecule has 6 heteroatoms. The van der Waals surface area contributed by atoms with Gasteiger partial charge < -0.3 is 19.5 Å². The Hall–Kier alpha value is -0.520. The van der Waals surface area contributed by atoms with Crippen LogP contribution in [0.2, 0.25) is 10.0 Å². The molecule has 0 aliphatic carbocycles. The van der Waals surface area contributed by atoms with E-state index in [0.717, 1.165) is 6.54 Å². The Kier molecular flexibility index (Phi) is 8.18. The van der Waals surface area contributed by atoms with Gasteiger partial charge in [0.2, 0.25) is 0 Å². The van der Waals surface area contributed by atoms with Crippen molar-refractivity contribution in [1.29, 1.82) is 0 Å². The van der Waals surface area contributed by atoms with Crippen molar-refractivity contribution in [3.05, 3.63) is 28.2 Å². The van der Waals surface area contributed by atoms with Gasteiger partial charge in [0.05, 0.1) is 24.8 Å². The van der Waals surface area contributed by atoms with Gasteiger partial charge in [-0.05, 0) is 19.2 Å². The zero-order valence-electron chi connectivity index (χ0n) is 10.9. The van der Waals surface area contributed by atoms with Gasteiger partial charge in [-0.25, -0.2) is 0 Å². The monoisotopic (exact) mass is 307 g/mol. The van der Waals surface area contributed by atoms with Crippen LogP contribution in [0.3, 0.4) is 0 Å². The van der Waals surface area contributed by atoms with Crippen LogP contribution in [0.4, 0.5) is 0 Å². The highest BCUT2D eigenvalue weighted by Gasteiger charge is 2.02. The molecule has 0 aromatic heterocycles. The Morgan fingerprint density at radius 1 is 1.16 bits per heavy atom. The highest BCUT2D eigenvalue weighted by Crippen LogP contribution is 2.27. The second-order valence-electron chi connectivity index (χ2n) is 4.06. The lowest BCUT2D eigenvalue weighted by atomic mass is 10.3. The summed E-state index contributed by atoms with van der Waals surface area (Å²) >= 11 is 11.8. The van der Waals surface area contributed by atoms with Gasteiger partial charge in [0.15, 0.2) is 0 Å². The Morgan fingerprint density at radius 2 is 1.95 bits per heavy atom. The number of likely N-dealkylation sites (N-methyl/N-ethyl adjacent to an activating group) is 1. The average molecular weight is 308 g/mol. The van der Waals surface area contributed by atoms with Crippen molar-refractivity contribution in [2.45, 2.75) is 0 Å². The summed E-state index contributed by atoms with van der Waals surface area (Å²) < 4.78 is 10.9. The number of nitrogens with zero attached hydrogens (tertiary/aromatic N) is 1. The van der Waals surface area contributed by atoms with E-state index in [1.165, 1.54) is 0 Å². The van der Waals surface area contributed by atoms with E-state index in [4.69, 9.17) is 37.8 Å². The molecule has 108 valence electrons. The van der Waals surface area contributed by atoms with E-state index in [2.05, 4.69) is 0 Å². The number of hydrogen-bond donors (Lipinski definition) is 1. The van der Waals surface area contributed by atoms with Gasteiger partial charge in [-0.2, -0.15) is 0 Å². The quantitative estimate of drug-likeness (QED) is 0.711. The highest BCUT2D eigenvalue weighted by molar-refractivity contribution is 6.34. The van der Waals surface area contributed by atoms with Crippen molar-refractivity contribution in [3.63, 3.8) is 0 Å². The lowest BCUT2D eigenvalue weighted by Crippen LogP contribution is -2.26. The van der Waals surface area contributed by atoms with E-state index in [0.29, 0.717) is 42.2 Å². The Balaban J connectivity index is 2.12. The fourth-order valence-electron chi connectivity index (χ4n) is 1.40. The minimum absolute atomic E-state index is 0.160. The summed E-state index contributed by atoms with van der Waals surface area (Å²) in [6.45, 7) is 3.09. The van der Waals surface area contributed by atoms with E-state index in [1.54, 1.807) is 18.2 Å².